The van der Waals surface area contributed by atoms with E-state index in [1.165, 1.54) is 0 Å². The second-order valence-corrected chi connectivity index (χ2v) is 6.17. The topological polar surface area (TPSA) is 111 Å². The Bertz CT molecular complexity index is 697. The van der Waals surface area contributed by atoms with Gasteiger partial charge in [-0.2, -0.15) is 0 Å². The second kappa shape index (κ2) is 8.58. The molecule has 0 aliphatic carbocycles. The van der Waals surface area contributed by atoms with Gasteiger partial charge in [0, 0.05) is 13.1 Å². The molecule has 0 bridgehead atoms. The monoisotopic (exact) mass is 381 g/mol. The first-order valence-electron chi connectivity index (χ1n) is 7.59. The zero-order valence-corrected chi connectivity index (χ0v) is 15.0. The van der Waals surface area contributed by atoms with Gasteiger partial charge in [0.2, 0.25) is 5.91 Å². The van der Waals surface area contributed by atoms with Gasteiger partial charge in [-0.25, -0.2) is 0 Å². The van der Waals surface area contributed by atoms with Crippen LogP contribution in [0.15, 0.2) is 24.3 Å². The molecule has 10 heteroatoms. The number of rotatable bonds is 7. The highest BCUT2D eigenvalue weighted by atomic mass is 32.1. The number of benzene rings is 1. The smallest absolute Gasteiger partial charge is 0.323 e. The Morgan fingerprint density at radius 2 is 2.08 bits per heavy atom. The lowest BCUT2D eigenvalue weighted by atomic mass is 10.3. The number of amides is 1. The van der Waals surface area contributed by atoms with Crippen LogP contribution in [-0.4, -0.2) is 63.2 Å². The minimum absolute atomic E-state index is 0.107. The number of nitrogens with two attached hydrogens (primary N) is 1. The molecule has 1 fully saturated rings. The van der Waals surface area contributed by atoms with Gasteiger partial charge in [0.1, 0.15) is 6.54 Å². The van der Waals surface area contributed by atoms with E-state index in [-0.39, 0.29) is 17.6 Å². The molecule has 8 nitrogen and oxygen atoms in total. The third-order valence-corrected chi connectivity index (χ3v) is 4.25. The summed E-state index contributed by atoms with van der Waals surface area (Å²) in [5, 5.41) is 15.6. The number of thiocarbonyl (C=S) groups is 2. The summed E-state index contributed by atoms with van der Waals surface area (Å²) in [7, 11) is 0. The molecule has 0 atom stereocenters. The lowest BCUT2D eigenvalue weighted by Crippen LogP contribution is -2.37. The number of hydrogen-bond donors (Lipinski definition) is 4. The van der Waals surface area contributed by atoms with Crippen LogP contribution in [0.4, 0.5) is 11.4 Å². The number of para-hydroxylation sites is 2. The molecule has 5 N–H and O–H groups in total. The number of carboxylic acids is 1. The van der Waals surface area contributed by atoms with Gasteiger partial charge in [-0.05, 0) is 43.0 Å². The first-order valence-corrected chi connectivity index (χ1v) is 8.40. The molecule has 1 aromatic rings. The molecule has 1 saturated heterocycles. The van der Waals surface area contributed by atoms with Crippen molar-refractivity contribution >= 4 is 57.9 Å². The standard InChI is InChI=1S/C15H19N5O3S2/c16-10-4-1-2-5-11(10)18-14(24)17-6-3-7-19-8-12(21)20(15(19)25)9-13(22)23/h1-2,4-5H,3,6-9,16H2,(H,22,23)(H2,17,18,24). The number of nitrogen functional groups attached to an aromatic ring is 1. The Morgan fingerprint density at radius 3 is 2.76 bits per heavy atom. The van der Waals surface area contributed by atoms with Crippen LogP contribution in [0, 0.1) is 0 Å². The van der Waals surface area contributed by atoms with Crippen LogP contribution in [0.1, 0.15) is 6.42 Å². The molecule has 2 rings (SSSR count). The third-order valence-electron chi connectivity index (χ3n) is 3.52. The van der Waals surface area contributed by atoms with Crippen LogP contribution in [0.3, 0.4) is 0 Å². The molecular formula is C15H19N5O3S2. The SMILES string of the molecule is Nc1ccccc1NC(=S)NCCCN1CC(=O)N(CC(=O)O)C1=S. The Labute approximate surface area is 156 Å². The van der Waals surface area contributed by atoms with Crippen molar-refractivity contribution in [3.8, 4) is 0 Å². The maximum absolute atomic E-state index is 11.8. The van der Waals surface area contributed by atoms with E-state index < -0.39 is 12.5 Å². The molecule has 0 spiro atoms. The summed E-state index contributed by atoms with van der Waals surface area (Å²) in [6, 6.07) is 7.30. The van der Waals surface area contributed by atoms with Crippen LogP contribution in [0.5, 0.6) is 0 Å². The van der Waals surface area contributed by atoms with Crippen molar-refractivity contribution in [3.63, 3.8) is 0 Å². The highest BCUT2D eigenvalue weighted by Gasteiger charge is 2.33. The molecule has 1 aliphatic rings. The van der Waals surface area contributed by atoms with E-state index in [9.17, 15) is 9.59 Å². The minimum Gasteiger partial charge on any atom is -0.480 e. The first-order chi connectivity index (χ1) is 11.9. The van der Waals surface area contributed by atoms with Crippen molar-refractivity contribution in [2.75, 3.05) is 37.2 Å². The summed E-state index contributed by atoms with van der Waals surface area (Å²) < 4.78 is 0. The van der Waals surface area contributed by atoms with Crippen molar-refractivity contribution in [3.05, 3.63) is 24.3 Å². The summed E-state index contributed by atoms with van der Waals surface area (Å²) >= 11 is 10.4. The molecule has 0 unspecified atom stereocenters. The predicted octanol–water partition coefficient (Wildman–Crippen LogP) is 0.459. The van der Waals surface area contributed by atoms with Crippen molar-refractivity contribution in [1.82, 2.24) is 15.1 Å². The number of carboxylic acid groups (broad SMARTS) is 1. The summed E-state index contributed by atoms with van der Waals surface area (Å²) in [5.41, 5.74) is 7.17. The molecular weight excluding hydrogens is 362 g/mol. The van der Waals surface area contributed by atoms with E-state index in [4.69, 9.17) is 35.3 Å². The Kier molecular flexibility index (Phi) is 6.48. The fourth-order valence-corrected chi connectivity index (χ4v) is 2.84. The highest BCUT2D eigenvalue weighted by molar-refractivity contribution is 7.80. The summed E-state index contributed by atoms with van der Waals surface area (Å²) in [5.74, 6) is -1.38. The van der Waals surface area contributed by atoms with Gasteiger partial charge in [-0.15, -0.1) is 0 Å². The fourth-order valence-electron chi connectivity index (χ4n) is 2.31. The number of anilines is 2. The van der Waals surface area contributed by atoms with E-state index in [0.29, 0.717) is 30.3 Å². The van der Waals surface area contributed by atoms with Gasteiger partial charge in [0.25, 0.3) is 0 Å². The van der Waals surface area contributed by atoms with Gasteiger partial charge >= 0.3 is 5.97 Å². The van der Waals surface area contributed by atoms with E-state index >= 15 is 0 Å². The van der Waals surface area contributed by atoms with E-state index in [2.05, 4.69) is 10.6 Å². The number of hydrogen-bond acceptors (Lipinski definition) is 5. The number of carbonyl (C=O) groups excluding carboxylic acids is 1. The maximum atomic E-state index is 11.8. The van der Waals surface area contributed by atoms with Crippen LogP contribution < -0.4 is 16.4 Å². The number of nitrogens with zero attached hydrogens (tertiary/aromatic N) is 2. The average Bonchev–Trinajstić information content (AvgIpc) is 2.81. The van der Waals surface area contributed by atoms with E-state index in [1.54, 1.807) is 11.0 Å². The van der Waals surface area contributed by atoms with Crippen molar-refractivity contribution in [2.45, 2.75) is 6.42 Å². The molecule has 0 saturated carbocycles. The Balaban J connectivity index is 1.72. The van der Waals surface area contributed by atoms with Gasteiger partial charge < -0.3 is 26.4 Å². The van der Waals surface area contributed by atoms with E-state index in [1.807, 2.05) is 18.2 Å². The van der Waals surface area contributed by atoms with Crippen LogP contribution in [0.2, 0.25) is 0 Å². The Hall–Kier alpha value is -2.46. The molecule has 1 heterocycles. The van der Waals surface area contributed by atoms with Crippen LogP contribution >= 0.6 is 24.4 Å². The average molecular weight is 381 g/mol. The second-order valence-electron chi connectivity index (χ2n) is 5.40. The van der Waals surface area contributed by atoms with Crippen molar-refractivity contribution in [2.24, 2.45) is 0 Å². The molecule has 1 aromatic carbocycles. The molecule has 25 heavy (non-hydrogen) atoms. The van der Waals surface area contributed by atoms with Gasteiger partial charge in [0.15, 0.2) is 10.2 Å². The van der Waals surface area contributed by atoms with Crippen molar-refractivity contribution in [1.29, 1.82) is 0 Å². The summed E-state index contributed by atoms with van der Waals surface area (Å²) in [4.78, 5) is 25.3. The first kappa shape index (κ1) is 18.9. The van der Waals surface area contributed by atoms with Gasteiger partial charge in [-0.3, -0.25) is 14.5 Å². The lowest BCUT2D eigenvalue weighted by molar-refractivity contribution is -0.140. The zero-order chi connectivity index (χ0) is 18.4. The summed E-state index contributed by atoms with van der Waals surface area (Å²) in [6.45, 7) is 0.808. The maximum Gasteiger partial charge on any atom is 0.323 e. The van der Waals surface area contributed by atoms with Crippen LogP contribution in [-0.2, 0) is 9.59 Å². The largest absolute Gasteiger partial charge is 0.480 e. The number of aliphatic carboxylic acids is 1. The number of carbonyl (C=O) groups is 2. The third kappa shape index (κ3) is 5.26. The quantitative estimate of drug-likeness (QED) is 0.304. The highest BCUT2D eigenvalue weighted by Crippen LogP contribution is 2.16. The molecule has 0 aromatic heterocycles. The molecule has 134 valence electrons. The van der Waals surface area contributed by atoms with Crippen LogP contribution in [0.25, 0.3) is 0 Å². The molecule has 1 amide bonds. The fraction of sp³-hybridized carbons (Fsp3) is 0.333. The minimum atomic E-state index is -1.09. The molecule has 0 radical (unpaired) electrons. The lowest BCUT2D eigenvalue weighted by Gasteiger charge is -2.19. The predicted molar refractivity (Wildman–Crippen MR) is 103 cm³/mol. The zero-order valence-electron chi connectivity index (χ0n) is 13.4. The number of nitrogens with one attached hydrogen (secondary N) is 2. The summed E-state index contributed by atoms with van der Waals surface area (Å²) in [6.07, 6.45) is 0.681. The Morgan fingerprint density at radius 1 is 1.36 bits per heavy atom. The van der Waals surface area contributed by atoms with Gasteiger partial charge in [0.05, 0.1) is 17.9 Å². The van der Waals surface area contributed by atoms with Gasteiger partial charge in [-0.1, -0.05) is 12.1 Å². The van der Waals surface area contributed by atoms with E-state index in [0.717, 1.165) is 10.6 Å². The molecule has 1 aliphatic heterocycles. The van der Waals surface area contributed by atoms with Crippen molar-refractivity contribution < 1.29 is 14.7 Å². The normalized spacial score (nSPS) is 13.9.